The van der Waals surface area contributed by atoms with E-state index >= 15 is 0 Å². The molecule has 0 spiro atoms. The van der Waals surface area contributed by atoms with Crippen LogP contribution in [0, 0.1) is 27.7 Å². The van der Waals surface area contributed by atoms with Gasteiger partial charge in [-0.25, -0.2) is 8.42 Å². The lowest BCUT2D eigenvalue weighted by molar-refractivity contribution is -0.155. The van der Waals surface area contributed by atoms with E-state index < -0.39 is 22.0 Å². The van der Waals surface area contributed by atoms with Crippen LogP contribution in [0.3, 0.4) is 0 Å². The summed E-state index contributed by atoms with van der Waals surface area (Å²) in [6.45, 7) is 8.95. The quantitative estimate of drug-likeness (QED) is 0.496. The van der Waals surface area contributed by atoms with Crippen LogP contribution in [0.4, 0.5) is 18.9 Å². The minimum Gasteiger partial charge on any atom is -0.369 e. The first-order valence-electron chi connectivity index (χ1n) is 10.4. The smallest absolute Gasteiger partial charge is 0.369 e. The average molecular weight is 500 g/mol. The maximum atomic E-state index is 13.6. The predicted molar refractivity (Wildman–Crippen MR) is 121 cm³/mol. The van der Waals surface area contributed by atoms with Crippen LogP contribution in [-0.4, -0.2) is 44.1 Å². The number of piperazine rings is 1. The zero-order valence-electron chi connectivity index (χ0n) is 18.7. The van der Waals surface area contributed by atoms with E-state index in [1.165, 1.54) is 15.6 Å². The highest BCUT2D eigenvalue weighted by atomic mass is 32.2. The number of thiophene rings is 1. The van der Waals surface area contributed by atoms with Crippen LogP contribution in [0.25, 0.3) is 11.3 Å². The fourth-order valence-corrected chi connectivity index (χ4v) is 7.40. The zero-order chi connectivity index (χ0) is 24.1. The third-order valence-electron chi connectivity index (χ3n) is 5.79. The summed E-state index contributed by atoms with van der Waals surface area (Å²) in [4.78, 5) is 3.25. The molecular formula is C22H24F3N3O3S2. The van der Waals surface area contributed by atoms with Crippen LogP contribution in [0.1, 0.15) is 26.6 Å². The maximum Gasteiger partial charge on any atom is 0.452 e. The highest BCUT2D eigenvalue weighted by Gasteiger charge is 2.39. The van der Waals surface area contributed by atoms with Crippen LogP contribution in [0.5, 0.6) is 0 Å². The lowest BCUT2D eigenvalue weighted by Gasteiger charge is -2.36. The van der Waals surface area contributed by atoms with Crippen LogP contribution in [0.2, 0.25) is 0 Å². The van der Waals surface area contributed by atoms with E-state index in [0.29, 0.717) is 22.8 Å². The molecule has 3 heterocycles. The van der Waals surface area contributed by atoms with Crippen LogP contribution in [-0.2, 0) is 16.2 Å². The number of hydrogen-bond donors (Lipinski definition) is 0. The molecule has 1 aliphatic heterocycles. The van der Waals surface area contributed by atoms with Crippen molar-refractivity contribution in [1.29, 1.82) is 0 Å². The molecule has 11 heteroatoms. The van der Waals surface area contributed by atoms with Crippen molar-refractivity contribution in [2.24, 2.45) is 0 Å². The summed E-state index contributed by atoms with van der Waals surface area (Å²) < 4.78 is 72.1. The van der Waals surface area contributed by atoms with Crippen LogP contribution >= 0.6 is 11.3 Å². The Labute approximate surface area is 194 Å². The number of hydrogen-bond acceptors (Lipinski definition) is 6. The molecule has 1 aliphatic rings. The molecule has 0 bridgehead atoms. The van der Waals surface area contributed by atoms with Gasteiger partial charge in [0, 0.05) is 53.3 Å². The molecule has 6 nitrogen and oxygen atoms in total. The Morgan fingerprint density at radius 3 is 2.27 bits per heavy atom. The van der Waals surface area contributed by atoms with Gasteiger partial charge in [0.1, 0.15) is 10.6 Å². The van der Waals surface area contributed by atoms with Crippen molar-refractivity contribution in [2.75, 3.05) is 31.1 Å². The molecule has 1 aromatic carbocycles. The lowest BCUT2D eigenvalue weighted by atomic mass is 10.1. The molecule has 0 aliphatic carbocycles. The van der Waals surface area contributed by atoms with Crippen molar-refractivity contribution in [3.63, 3.8) is 0 Å². The number of nitrogens with zero attached hydrogens (tertiary/aromatic N) is 3. The Kier molecular flexibility index (Phi) is 6.08. The number of halogens is 3. The first kappa shape index (κ1) is 23.8. The molecule has 0 radical (unpaired) electrons. The summed E-state index contributed by atoms with van der Waals surface area (Å²) in [6, 6.07) is 6.93. The summed E-state index contributed by atoms with van der Waals surface area (Å²) in [7, 11) is -3.95. The number of sulfonamides is 1. The second-order valence-corrected chi connectivity index (χ2v) is 11.5. The van der Waals surface area contributed by atoms with E-state index in [9.17, 15) is 21.6 Å². The zero-order valence-corrected chi connectivity index (χ0v) is 20.3. The highest BCUT2D eigenvalue weighted by Crippen LogP contribution is 2.42. The minimum atomic E-state index is -4.70. The van der Waals surface area contributed by atoms with E-state index in [1.54, 1.807) is 13.8 Å². The summed E-state index contributed by atoms with van der Waals surface area (Å²) in [5.41, 5.74) is 3.38. The monoisotopic (exact) mass is 499 g/mol. The predicted octanol–water partition coefficient (Wildman–Crippen LogP) is 5.17. The van der Waals surface area contributed by atoms with E-state index in [4.69, 9.17) is 0 Å². The van der Waals surface area contributed by atoms with Gasteiger partial charge < -0.3 is 9.42 Å². The van der Waals surface area contributed by atoms with Gasteiger partial charge in [0.25, 0.3) is 0 Å². The third-order valence-corrected chi connectivity index (χ3v) is 9.01. The molecule has 4 rings (SSSR count). The van der Waals surface area contributed by atoms with Crippen molar-refractivity contribution in [2.45, 2.75) is 38.8 Å². The van der Waals surface area contributed by atoms with Crippen molar-refractivity contribution in [1.82, 2.24) is 9.46 Å². The molecule has 178 valence electrons. The average Bonchev–Trinajstić information content (AvgIpc) is 3.34. The summed E-state index contributed by atoms with van der Waals surface area (Å²) in [5, 5.41) is 3.54. The molecule has 1 saturated heterocycles. The molecule has 0 N–H and O–H groups in total. The van der Waals surface area contributed by atoms with Gasteiger partial charge in [0.2, 0.25) is 15.8 Å². The van der Waals surface area contributed by atoms with Gasteiger partial charge in [0.15, 0.2) is 0 Å². The van der Waals surface area contributed by atoms with Crippen molar-refractivity contribution in [3.05, 3.63) is 50.9 Å². The number of aryl methyl sites for hydroxylation is 4. The molecule has 3 aromatic rings. The first-order valence-corrected chi connectivity index (χ1v) is 12.6. The standard InChI is InChI=1S/C22H24F3N3O3S2/c1-13-5-6-14(2)18(11-13)27-7-9-28(10-8-27)33(29,30)21-16(4)32-15(3)20(21)17-12-19(31-26-17)22(23,24)25/h5-6,11-12H,7-10H2,1-4H3. The molecule has 0 amide bonds. The van der Waals surface area contributed by atoms with Crippen molar-refractivity contribution < 1.29 is 26.1 Å². The summed E-state index contributed by atoms with van der Waals surface area (Å²) >= 11 is 1.22. The summed E-state index contributed by atoms with van der Waals surface area (Å²) in [6.07, 6.45) is -4.70. The Hall–Kier alpha value is -2.37. The Balaban J connectivity index is 1.64. The fraction of sp³-hybridized carbons (Fsp3) is 0.409. The second-order valence-electron chi connectivity index (χ2n) is 8.17. The van der Waals surface area contributed by atoms with Gasteiger partial charge in [-0.2, -0.15) is 17.5 Å². The lowest BCUT2D eigenvalue weighted by Crippen LogP contribution is -2.49. The van der Waals surface area contributed by atoms with E-state index in [1.807, 2.05) is 26.0 Å². The van der Waals surface area contributed by atoms with Crippen LogP contribution < -0.4 is 4.90 Å². The fourth-order valence-electron chi connectivity index (χ4n) is 4.16. The van der Waals surface area contributed by atoms with Gasteiger partial charge in [-0.3, -0.25) is 0 Å². The number of rotatable bonds is 4. The Morgan fingerprint density at radius 1 is 1.00 bits per heavy atom. The number of aromatic nitrogens is 1. The molecule has 2 aromatic heterocycles. The molecule has 0 unspecified atom stereocenters. The van der Waals surface area contributed by atoms with Gasteiger partial charge in [-0.05, 0) is 44.9 Å². The minimum absolute atomic E-state index is 0.00668. The van der Waals surface area contributed by atoms with Crippen LogP contribution in [0.15, 0.2) is 33.7 Å². The first-order chi connectivity index (χ1) is 15.4. The largest absolute Gasteiger partial charge is 0.452 e. The molecule has 0 atom stereocenters. The van der Waals surface area contributed by atoms with Gasteiger partial charge in [0.05, 0.1) is 0 Å². The SMILES string of the molecule is Cc1ccc(C)c(N2CCN(S(=O)(=O)c3c(C)sc(C)c3-c3cc(C(F)(F)F)on3)CC2)c1. The molecule has 33 heavy (non-hydrogen) atoms. The van der Waals surface area contributed by atoms with Crippen molar-refractivity contribution >= 4 is 27.0 Å². The van der Waals surface area contributed by atoms with E-state index in [-0.39, 0.29) is 29.2 Å². The maximum absolute atomic E-state index is 13.6. The van der Waals surface area contributed by atoms with Gasteiger partial charge in [-0.15, -0.1) is 11.3 Å². The number of anilines is 1. The van der Waals surface area contributed by atoms with Crippen molar-refractivity contribution in [3.8, 4) is 11.3 Å². The second kappa shape index (κ2) is 8.44. The number of benzene rings is 1. The topological polar surface area (TPSA) is 66.7 Å². The Morgan fingerprint density at radius 2 is 1.67 bits per heavy atom. The molecular weight excluding hydrogens is 475 g/mol. The van der Waals surface area contributed by atoms with Gasteiger partial charge in [-0.1, -0.05) is 17.3 Å². The number of alkyl halides is 3. The summed E-state index contributed by atoms with van der Waals surface area (Å²) in [5.74, 6) is -1.26. The third kappa shape index (κ3) is 4.41. The van der Waals surface area contributed by atoms with E-state index in [2.05, 4.69) is 20.6 Å². The van der Waals surface area contributed by atoms with E-state index in [0.717, 1.165) is 22.9 Å². The molecule has 1 fully saturated rings. The Bertz CT molecular complexity index is 1290. The normalized spacial score (nSPS) is 15.9. The molecule has 0 saturated carbocycles. The highest BCUT2D eigenvalue weighted by molar-refractivity contribution is 7.89. The van der Waals surface area contributed by atoms with Gasteiger partial charge >= 0.3 is 6.18 Å².